The van der Waals surface area contributed by atoms with Crippen molar-refractivity contribution in [3.63, 3.8) is 0 Å². The Kier molecular flexibility index (Phi) is 6.36. The van der Waals surface area contributed by atoms with E-state index in [2.05, 4.69) is 14.8 Å². The number of nitrogens with one attached hydrogen (secondary N) is 2. The predicted molar refractivity (Wildman–Crippen MR) is 96.6 cm³/mol. The van der Waals surface area contributed by atoms with Crippen LogP contribution in [0.2, 0.25) is 5.02 Å². The Morgan fingerprint density at radius 1 is 1.12 bits per heavy atom. The highest BCUT2D eigenvalue weighted by Gasteiger charge is 2.17. The van der Waals surface area contributed by atoms with Crippen molar-refractivity contribution in [3.8, 4) is 0 Å². The van der Waals surface area contributed by atoms with E-state index in [-0.39, 0.29) is 22.0 Å². The summed E-state index contributed by atoms with van der Waals surface area (Å²) in [5.74, 6) is -0.963. The van der Waals surface area contributed by atoms with Crippen LogP contribution in [0.4, 0.5) is 0 Å². The van der Waals surface area contributed by atoms with Gasteiger partial charge in [-0.05, 0) is 42.9 Å². The van der Waals surface area contributed by atoms with Crippen LogP contribution in [0.25, 0.3) is 0 Å². The van der Waals surface area contributed by atoms with E-state index in [4.69, 9.17) is 11.6 Å². The molecule has 2 aromatic carbocycles. The second kappa shape index (κ2) is 8.31. The summed E-state index contributed by atoms with van der Waals surface area (Å²) < 4.78 is 30.5. The first kappa shape index (κ1) is 19.9. The van der Waals surface area contributed by atoms with Crippen molar-refractivity contribution in [3.05, 3.63) is 64.2 Å². The van der Waals surface area contributed by atoms with E-state index in [0.29, 0.717) is 5.56 Å². The maximum Gasteiger partial charge on any atom is 0.337 e. The molecular weight excluding hydrogens is 380 g/mol. The van der Waals surface area contributed by atoms with E-state index in [1.165, 1.54) is 32.4 Å². The summed E-state index contributed by atoms with van der Waals surface area (Å²) >= 11 is 6.01. The summed E-state index contributed by atoms with van der Waals surface area (Å²) in [7, 11) is -1.11. The number of sulfonamides is 1. The van der Waals surface area contributed by atoms with Gasteiger partial charge in [0, 0.05) is 6.54 Å². The van der Waals surface area contributed by atoms with Crippen LogP contribution in [0.5, 0.6) is 0 Å². The normalized spacial score (nSPS) is 11.0. The zero-order valence-corrected chi connectivity index (χ0v) is 15.6. The average Bonchev–Trinajstić information content (AvgIpc) is 2.66. The van der Waals surface area contributed by atoms with Crippen LogP contribution in [-0.4, -0.2) is 34.5 Å². The number of hydrogen-bond donors (Lipinski definition) is 2. The molecule has 0 saturated heterocycles. The highest BCUT2D eigenvalue weighted by Crippen LogP contribution is 2.20. The van der Waals surface area contributed by atoms with E-state index < -0.39 is 21.9 Å². The Balaban J connectivity index is 2.13. The minimum absolute atomic E-state index is 0.0502. The molecule has 0 heterocycles. The van der Waals surface area contributed by atoms with Crippen LogP contribution in [-0.2, 0) is 21.3 Å². The largest absolute Gasteiger partial charge is 0.465 e. The van der Waals surface area contributed by atoms with Crippen LogP contribution in [0.15, 0.2) is 47.4 Å². The second-order valence-electron chi connectivity index (χ2n) is 5.22. The SMILES string of the molecule is CNS(=O)(=O)c1ccc(Cl)c(C(=O)NCc2ccc(C(=O)OC)cc2)c1. The highest BCUT2D eigenvalue weighted by molar-refractivity contribution is 7.89. The molecule has 2 aromatic rings. The summed E-state index contributed by atoms with van der Waals surface area (Å²) in [6, 6.07) is 10.4. The van der Waals surface area contributed by atoms with Crippen LogP contribution in [0.3, 0.4) is 0 Å². The fourth-order valence-corrected chi connectivity index (χ4v) is 3.08. The number of amides is 1. The standard InChI is InChI=1S/C17H17ClN2O5S/c1-19-26(23,24)13-7-8-15(18)14(9-13)16(21)20-10-11-3-5-12(6-4-11)17(22)25-2/h3-9,19H,10H2,1-2H3,(H,20,21). The third-order valence-electron chi connectivity index (χ3n) is 3.59. The van der Waals surface area contributed by atoms with Crippen molar-refractivity contribution in [2.75, 3.05) is 14.2 Å². The smallest absolute Gasteiger partial charge is 0.337 e. The van der Waals surface area contributed by atoms with Gasteiger partial charge < -0.3 is 10.1 Å². The lowest BCUT2D eigenvalue weighted by molar-refractivity contribution is 0.0600. The van der Waals surface area contributed by atoms with Crippen molar-refractivity contribution in [2.24, 2.45) is 0 Å². The van der Waals surface area contributed by atoms with Gasteiger partial charge in [0.15, 0.2) is 0 Å². The molecule has 0 spiro atoms. The Morgan fingerprint density at radius 3 is 2.35 bits per heavy atom. The topological polar surface area (TPSA) is 102 Å². The number of methoxy groups -OCH3 is 1. The number of rotatable bonds is 6. The molecule has 26 heavy (non-hydrogen) atoms. The van der Waals surface area contributed by atoms with Gasteiger partial charge in [0.25, 0.3) is 5.91 Å². The summed E-state index contributed by atoms with van der Waals surface area (Å²) in [4.78, 5) is 23.7. The van der Waals surface area contributed by atoms with E-state index in [0.717, 1.165) is 5.56 Å². The minimum atomic E-state index is -3.69. The molecule has 138 valence electrons. The summed E-state index contributed by atoms with van der Waals surface area (Å²) in [6.45, 7) is 0.180. The number of esters is 1. The Morgan fingerprint density at radius 2 is 1.77 bits per heavy atom. The molecule has 0 aliphatic heterocycles. The van der Waals surface area contributed by atoms with E-state index in [9.17, 15) is 18.0 Å². The molecule has 0 bridgehead atoms. The summed E-state index contributed by atoms with van der Waals surface area (Å²) in [6.07, 6.45) is 0. The molecule has 0 atom stereocenters. The Hall–Kier alpha value is -2.42. The molecule has 2 rings (SSSR count). The van der Waals surface area contributed by atoms with Crippen LogP contribution >= 0.6 is 11.6 Å². The fourth-order valence-electron chi connectivity index (χ4n) is 2.12. The summed E-state index contributed by atoms with van der Waals surface area (Å²) in [5.41, 5.74) is 1.20. The minimum Gasteiger partial charge on any atom is -0.465 e. The number of halogens is 1. The van der Waals surface area contributed by atoms with Crippen LogP contribution < -0.4 is 10.0 Å². The first-order valence-electron chi connectivity index (χ1n) is 7.47. The van der Waals surface area contributed by atoms with Gasteiger partial charge in [-0.1, -0.05) is 23.7 Å². The molecule has 2 N–H and O–H groups in total. The molecule has 1 amide bonds. The van der Waals surface area contributed by atoms with E-state index in [1.807, 2.05) is 0 Å². The van der Waals surface area contributed by atoms with Gasteiger partial charge in [-0.25, -0.2) is 17.9 Å². The lowest BCUT2D eigenvalue weighted by Gasteiger charge is -2.09. The number of benzene rings is 2. The third-order valence-corrected chi connectivity index (χ3v) is 5.33. The van der Waals surface area contributed by atoms with Gasteiger partial charge in [-0.2, -0.15) is 0 Å². The fraction of sp³-hybridized carbons (Fsp3) is 0.176. The molecule has 0 aromatic heterocycles. The molecule has 0 fully saturated rings. The van der Waals surface area contributed by atoms with Crippen molar-refractivity contribution in [2.45, 2.75) is 11.4 Å². The van der Waals surface area contributed by atoms with Crippen LogP contribution in [0.1, 0.15) is 26.3 Å². The molecule has 0 aliphatic carbocycles. The van der Waals surface area contributed by atoms with E-state index in [1.54, 1.807) is 24.3 Å². The Labute approximate surface area is 156 Å². The molecular formula is C17H17ClN2O5S. The van der Waals surface area contributed by atoms with Gasteiger partial charge in [-0.3, -0.25) is 4.79 Å². The maximum atomic E-state index is 12.3. The van der Waals surface area contributed by atoms with Crippen molar-refractivity contribution >= 4 is 33.5 Å². The average molecular weight is 397 g/mol. The molecule has 9 heteroatoms. The lowest BCUT2D eigenvalue weighted by atomic mass is 10.1. The summed E-state index contributed by atoms with van der Waals surface area (Å²) in [5, 5.41) is 2.80. The molecule has 0 unspecified atom stereocenters. The number of ether oxygens (including phenoxy) is 1. The molecule has 0 radical (unpaired) electrons. The zero-order valence-electron chi connectivity index (χ0n) is 14.1. The van der Waals surface area contributed by atoms with E-state index >= 15 is 0 Å². The van der Waals surface area contributed by atoms with Crippen molar-refractivity contribution in [1.82, 2.24) is 10.0 Å². The number of hydrogen-bond acceptors (Lipinski definition) is 5. The third kappa shape index (κ3) is 4.60. The first-order chi connectivity index (χ1) is 12.3. The van der Waals surface area contributed by atoms with Gasteiger partial charge in [0.2, 0.25) is 10.0 Å². The van der Waals surface area contributed by atoms with Gasteiger partial charge in [-0.15, -0.1) is 0 Å². The monoisotopic (exact) mass is 396 g/mol. The number of carbonyl (C=O) groups is 2. The molecule has 7 nitrogen and oxygen atoms in total. The van der Waals surface area contributed by atoms with Crippen molar-refractivity contribution < 1.29 is 22.7 Å². The first-order valence-corrected chi connectivity index (χ1v) is 9.33. The van der Waals surface area contributed by atoms with Gasteiger partial charge in [0.1, 0.15) is 0 Å². The van der Waals surface area contributed by atoms with Gasteiger partial charge >= 0.3 is 5.97 Å². The van der Waals surface area contributed by atoms with Crippen LogP contribution in [0, 0.1) is 0 Å². The second-order valence-corrected chi connectivity index (χ2v) is 7.51. The molecule has 0 saturated carbocycles. The lowest BCUT2D eigenvalue weighted by Crippen LogP contribution is -2.24. The predicted octanol–water partition coefficient (Wildman–Crippen LogP) is 1.96. The maximum absolute atomic E-state index is 12.3. The quantitative estimate of drug-likeness (QED) is 0.727. The van der Waals surface area contributed by atoms with Gasteiger partial charge in [0.05, 0.1) is 28.2 Å². The molecule has 0 aliphatic rings. The number of carbonyl (C=O) groups excluding carboxylic acids is 2. The zero-order chi connectivity index (χ0) is 19.3. The van der Waals surface area contributed by atoms with Crippen molar-refractivity contribution in [1.29, 1.82) is 0 Å². The highest BCUT2D eigenvalue weighted by atomic mass is 35.5. The Bertz CT molecular complexity index is 927.